The Morgan fingerprint density at radius 3 is 2.81 bits per heavy atom. The van der Waals surface area contributed by atoms with Crippen molar-refractivity contribution in [2.75, 3.05) is 19.5 Å². The van der Waals surface area contributed by atoms with E-state index in [-0.39, 0.29) is 5.75 Å². The molecule has 31 heavy (non-hydrogen) atoms. The third-order valence-electron chi connectivity index (χ3n) is 4.15. The molecule has 0 fully saturated rings. The highest BCUT2D eigenvalue weighted by molar-refractivity contribution is 7.99. The summed E-state index contributed by atoms with van der Waals surface area (Å²) in [6, 6.07) is 10.7. The lowest BCUT2D eigenvalue weighted by Crippen LogP contribution is -2.39. The first kappa shape index (κ1) is 23.3. The van der Waals surface area contributed by atoms with E-state index in [4.69, 9.17) is 16.3 Å². The Labute approximate surface area is 193 Å². The van der Waals surface area contributed by atoms with Crippen LogP contribution < -0.4 is 10.6 Å². The molecule has 164 valence electrons. The molecule has 2 aromatic heterocycles. The Morgan fingerprint density at radius 2 is 2.06 bits per heavy atom. The van der Waals surface area contributed by atoms with Crippen molar-refractivity contribution in [2.24, 2.45) is 0 Å². The van der Waals surface area contributed by atoms with Gasteiger partial charge in [-0.1, -0.05) is 41.6 Å². The van der Waals surface area contributed by atoms with Gasteiger partial charge in [-0.3, -0.25) is 10.1 Å². The lowest BCUT2D eigenvalue weighted by atomic mass is 10.2. The number of carbonyl (C=O) groups excluding carboxylic acids is 2. The van der Waals surface area contributed by atoms with E-state index in [0.717, 1.165) is 16.9 Å². The molecule has 0 saturated heterocycles. The first-order valence-corrected chi connectivity index (χ1v) is 11.7. The number of methoxy groups -OCH3 is 1. The fourth-order valence-electron chi connectivity index (χ4n) is 2.72. The van der Waals surface area contributed by atoms with Gasteiger partial charge in [0.2, 0.25) is 5.91 Å². The smallest absolute Gasteiger partial charge is 0.321 e. The van der Waals surface area contributed by atoms with E-state index in [1.54, 1.807) is 13.2 Å². The van der Waals surface area contributed by atoms with Crippen molar-refractivity contribution in [1.29, 1.82) is 0 Å². The van der Waals surface area contributed by atoms with E-state index in [9.17, 15) is 9.59 Å². The molecular weight excluding hydrogens is 458 g/mol. The summed E-state index contributed by atoms with van der Waals surface area (Å²) in [6.07, 6.45) is 0.747. The van der Waals surface area contributed by atoms with Gasteiger partial charge < -0.3 is 14.6 Å². The number of thiophene rings is 1. The van der Waals surface area contributed by atoms with Crippen molar-refractivity contribution in [3.63, 3.8) is 0 Å². The summed E-state index contributed by atoms with van der Waals surface area (Å²) < 4.78 is 7.06. The lowest BCUT2D eigenvalue weighted by molar-refractivity contribution is -0.117. The molecule has 1 aromatic carbocycles. The van der Waals surface area contributed by atoms with Crippen LogP contribution in [0, 0.1) is 0 Å². The number of hydrogen-bond donors (Lipinski definition) is 2. The van der Waals surface area contributed by atoms with Crippen LogP contribution in [0.2, 0.25) is 5.02 Å². The number of amides is 3. The molecule has 0 aliphatic rings. The maximum Gasteiger partial charge on any atom is 0.321 e. The predicted molar refractivity (Wildman–Crippen MR) is 122 cm³/mol. The van der Waals surface area contributed by atoms with Gasteiger partial charge in [0, 0.05) is 30.7 Å². The van der Waals surface area contributed by atoms with Gasteiger partial charge in [-0.05, 0) is 30.0 Å². The van der Waals surface area contributed by atoms with Crippen LogP contribution in [-0.4, -0.2) is 46.2 Å². The largest absolute Gasteiger partial charge is 0.385 e. The molecule has 0 bridgehead atoms. The first-order valence-electron chi connectivity index (χ1n) is 9.48. The Balaban J connectivity index is 1.61. The predicted octanol–water partition coefficient (Wildman–Crippen LogP) is 3.81. The van der Waals surface area contributed by atoms with E-state index in [0.29, 0.717) is 35.7 Å². The van der Waals surface area contributed by atoms with Crippen molar-refractivity contribution < 1.29 is 14.3 Å². The Hall–Kier alpha value is -2.40. The number of aromatic nitrogens is 3. The molecule has 0 unspecified atom stereocenters. The number of urea groups is 1. The fourth-order valence-corrected chi connectivity index (χ4v) is 4.35. The second-order valence-corrected chi connectivity index (χ2v) is 8.76. The standard InChI is InChI=1S/C20H22ClN5O3S2/c1-29-10-5-9-26-18(15-7-2-3-8-16(15)21)24-25-20(26)31-13-17(27)23-19(28)22-12-14-6-4-11-30-14/h2-4,6-8,11H,5,9-10,12-13H2,1H3,(H2,22,23,27,28). The van der Waals surface area contributed by atoms with Crippen LogP contribution in [0.3, 0.4) is 0 Å². The Kier molecular flexibility index (Phi) is 8.89. The molecule has 0 saturated carbocycles. The van der Waals surface area contributed by atoms with Crippen LogP contribution >= 0.6 is 34.7 Å². The van der Waals surface area contributed by atoms with Crippen molar-refractivity contribution >= 4 is 46.6 Å². The average molecular weight is 480 g/mol. The Bertz CT molecular complexity index is 1010. The Morgan fingerprint density at radius 1 is 1.23 bits per heavy atom. The summed E-state index contributed by atoms with van der Waals surface area (Å²) >= 11 is 9.07. The van der Waals surface area contributed by atoms with Gasteiger partial charge in [0.15, 0.2) is 11.0 Å². The molecule has 0 aliphatic heterocycles. The quantitative estimate of drug-likeness (QED) is 0.339. The average Bonchev–Trinajstić information content (AvgIpc) is 3.41. The zero-order chi connectivity index (χ0) is 22.1. The number of imide groups is 1. The van der Waals surface area contributed by atoms with Crippen LogP contribution in [0.5, 0.6) is 0 Å². The van der Waals surface area contributed by atoms with E-state index >= 15 is 0 Å². The molecule has 2 N–H and O–H groups in total. The van der Waals surface area contributed by atoms with Crippen LogP contribution in [-0.2, 0) is 22.6 Å². The molecular formula is C20H22ClN5O3S2. The number of carbonyl (C=O) groups is 2. The molecule has 0 aliphatic carbocycles. The van der Waals surface area contributed by atoms with Crippen molar-refractivity contribution in [3.05, 3.63) is 51.7 Å². The molecule has 3 aromatic rings. The molecule has 3 amide bonds. The second-order valence-electron chi connectivity index (χ2n) is 6.38. The van der Waals surface area contributed by atoms with Gasteiger partial charge in [0.25, 0.3) is 0 Å². The minimum absolute atomic E-state index is 0.0252. The number of nitrogens with zero attached hydrogens (tertiary/aromatic N) is 3. The van der Waals surface area contributed by atoms with Crippen LogP contribution in [0.25, 0.3) is 11.4 Å². The monoisotopic (exact) mass is 479 g/mol. The van der Waals surface area contributed by atoms with Crippen molar-refractivity contribution in [2.45, 2.75) is 24.7 Å². The third-order valence-corrected chi connectivity index (χ3v) is 6.32. The summed E-state index contributed by atoms with van der Waals surface area (Å²) in [5.74, 6) is 0.231. The molecule has 8 nitrogen and oxygen atoms in total. The summed E-state index contributed by atoms with van der Waals surface area (Å²) in [4.78, 5) is 25.1. The van der Waals surface area contributed by atoms with Gasteiger partial charge in [0.05, 0.1) is 17.3 Å². The molecule has 3 rings (SSSR count). The topological polar surface area (TPSA) is 98.1 Å². The van der Waals surface area contributed by atoms with E-state index in [1.165, 1.54) is 23.1 Å². The normalized spacial score (nSPS) is 10.8. The number of hydrogen-bond acceptors (Lipinski definition) is 7. The number of rotatable bonds is 10. The van der Waals surface area contributed by atoms with Crippen molar-refractivity contribution in [1.82, 2.24) is 25.4 Å². The zero-order valence-electron chi connectivity index (χ0n) is 16.8. The molecule has 0 atom stereocenters. The highest BCUT2D eigenvalue weighted by Crippen LogP contribution is 2.29. The van der Waals surface area contributed by atoms with Crippen LogP contribution in [0.15, 0.2) is 46.9 Å². The molecule has 0 spiro atoms. The van der Waals surface area contributed by atoms with Gasteiger partial charge >= 0.3 is 6.03 Å². The fraction of sp³-hybridized carbons (Fsp3) is 0.300. The number of ether oxygens (including phenoxy) is 1. The molecule has 11 heteroatoms. The summed E-state index contributed by atoms with van der Waals surface area (Å²) in [7, 11) is 1.64. The van der Waals surface area contributed by atoms with Gasteiger partial charge in [0.1, 0.15) is 0 Å². The van der Waals surface area contributed by atoms with Gasteiger partial charge in [-0.25, -0.2) is 4.79 Å². The van der Waals surface area contributed by atoms with E-state index < -0.39 is 11.9 Å². The number of nitrogens with one attached hydrogen (secondary N) is 2. The summed E-state index contributed by atoms with van der Waals surface area (Å²) in [5, 5.41) is 16.6. The summed E-state index contributed by atoms with van der Waals surface area (Å²) in [6.45, 7) is 1.56. The highest BCUT2D eigenvalue weighted by atomic mass is 35.5. The first-order chi connectivity index (χ1) is 15.1. The third kappa shape index (κ3) is 6.79. The lowest BCUT2D eigenvalue weighted by Gasteiger charge is -2.11. The minimum Gasteiger partial charge on any atom is -0.385 e. The van der Waals surface area contributed by atoms with Crippen LogP contribution in [0.1, 0.15) is 11.3 Å². The second kappa shape index (κ2) is 11.8. The number of halogens is 1. The van der Waals surface area contributed by atoms with Gasteiger partial charge in [-0.15, -0.1) is 21.5 Å². The maximum atomic E-state index is 12.2. The van der Waals surface area contributed by atoms with Gasteiger partial charge in [-0.2, -0.15) is 0 Å². The number of thioether (sulfide) groups is 1. The van der Waals surface area contributed by atoms with Crippen molar-refractivity contribution in [3.8, 4) is 11.4 Å². The summed E-state index contributed by atoms with van der Waals surface area (Å²) in [5.41, 5.74) is 0.762. The maximum absolute atomic E-state index is 12.2. The van der Waals surface area contributed by atoms with E-state index in [2.05, 4.69) is 20.8 Å². The minimum atomic E-state index is -0.530. The van der Waals surface area contributed by atoms with Crippen LogP contribution in [0.4, 0.5) is 4.79 Å². The zero-order valence-corrected chi connectivity index (χ0v) is 19.2. The molecule has 2 heterocycles. The highest BCUT2D eigenvalue weighted by Gasteiger charge is 2.18. The SMILES string of the molecule is COCCCn1c(SCC(=O)NC(=O)NCc2cccs2)nnc1-c1ccccc1Cl. The van der Waals surface area contributed by atoms with E-state index in [1.807, 2.05) is 40.3 Å². The number of benzene rings is 1. The molecule has 0 radical (unpaired) electrons.